The molecule has 0 amide bonds. The highest BCUT2D eigenvalue weighted by Crippen LogP contribution is 2.37. The smallest absolute Gasteiger partial charge is 0.311 e. The summed E-state index contributed by atoms with van der Waals surface area (Å²) in [5.41, 5.74) is -1.03. The summed E-state index contributed by atoms with van der Waals surface area (Å²) in [5, 5.41) is 12.6. The number of hydrogen-bond donors (Lipinski definition) is 3. The fourth-order valence-corrected chi connectivity index (χ4v) is 2.75. The number of H-pyrrole nitrogens is 1. The summed E-state index contributed by atoms with van der Waals surface area (Å²) < 4.78 is 0. The third-order valence-corrected chi connectivity index (χ3v) is 4.14. The molecule has 1 fully saturated rings. The summed E-state index contributed by atoms with van der Waals surface area (Å²) in [6.07, 6.45) is 3.96. The monoisotopic (exact) mass is 279 g/mol. The van der Waals surface area contributed by atoms with Gasteiger partial charge in [0.2, 0.25) is 0 Å². The average molecular weight is 279 g/mol. The van der Waals surface area contributed by atoms with Crippen LogP contribution < -0.4 is 10.9 Å². The number of carbonyl (C=O) groups is 1. The van der Waals surface area contributed by atoms with E-state index in [1.807, 2.05) is 6.92 Å². The minimum Gasteiger partial charge on any atom is -0.481 e. The zero-order chi connectivity index (χ0) is 14.8. The number of anilines is 1. The van der Waals surface area contributed by atoms with Crippen molar-refractivity contribution in [3.05, 3.63) is 22.2 Å². The minimum atomic E-state index is -0.811. The fraction of sp³-hybridized carbons (Fsp3) is 0.643. The van der Waals surface area contributed by atoms with Crippen LogP contribution in [0.2, 0.25) is 0 Å². The Morgan fingerprint density at radius 3 is 3.00 bits per heavy atom. The lowest BCUT2D eigenvalue weighted by atomic mass is 9.71. The number of aromatic nitrogens is 2. The first-order valence-corrected chi connectivity index (χ1v) is 7.06. The summed E-state index contributed by atoms with van der Waals surface area (Å²) in [6.45, 7) is 3.67. The van der Waals surface area contributed by atoms with Crippen molar-refractivity contribution in [1.82, 2.24) is 9.97 Å². The molecule has 6 heteroatoms. The molecule has 0 aliphatic heterocycles. The normalized spacial score (nSPS) is 26.2. The van der Waals surface area contributed by atoms with Gasteiger partial charge in [-0.3, -0.25) is 9.59 Å². The van der Waals surface area contributed by atoms with Gasteiger partial charge in [-0.15, -0.1) is 0 Å². The van der Waals surface area contributed by atoms with Crippen LogP contribution in [0, 0.1) is 5.41 Å². The van der Waals surface area contributed by atoms with Crippen molar-refractivity contribution in [3.63, 3.8) is 0 Å². The molecule has 1 heterocycles. The molecule has 2 rings (SSSR count). The molecule has 2 atom stereocenters. The Labute approximate surface area is 117 Å². The fourth-order valence-electron chi connectivity index (χ4n) is 2.75. The molecular formula is C14H21N3O3. The maximum atomic E-state index is 11.6. The van der Waals surface area contributed by atoms with Crippen LogP contribution in [0.15, 0.2) is 10.9 Å². The Hall–Kier alpha value is -1.85. The van der Waals surface area contributed by atoms with E-state index in [1.165, 1.54) is 6.07 Å². The van der Waals surface area contributed by atoms with Gasteiger partial charge in [0, 0.05) is 18.5 Å². The lowest BCUT2D eigenvalue weighted by Crippen LogP contribution is -2.47. The molecule has 1 aliphatic rings. The van der Waals surface area contributed by atoms with Crippen LogP contribution in [0.25, 0.3) is 0 Å². The van der Waals surface area contributed by atoms with Gasteiger partial charge in [-0.25, -0.2) is 4.98 Å². The van der Waals surface area contributed by atoms with E-state index in [4.69, 9.17) is 0 Å². The second-order valence-corrected chi connectivity index (χ2v) is 5.60. The Balaban J connectivity index is 2.25. The Morgan fingerprint density at radius 1 is 1.60 bits per heavy atom. The molecule has 0 spiro atoms. The highest BCUT2D eigenvalue weighted by atomic mass is 16.4. The molecule has 1 saturated carbocycles. The Morgan fingerprint density at radius 2 is 2.35 bits per heavy atom. The van der Waals surface area contributed by atoms with Crippen LogP contribution in [0.4, 0.5) is 5.82 Å². The van der Waals surface area contributed by atoms with E-state index in [9.17, 15) is 14.7 Å². The lowest BCUT2D eigenvalue weighted by Gasteiger charge is -2.38. The van der Waals surface area contributed by atoms with Gasteiger partial charge in [-0.05, 0) is 19.8 Å². The highest BCUT2D eigenvalue weighted by Gasteiger charge is 2.43. The zero-order valence-corrected chi connectivity index (χ0v) is 11.9. The third kappa shape index (κ3) is 2.84. The zero-order valence-electron chi connectivity index (χ0n) is 11.9. The average Bonchev–Trinajstić information content (AvgIpc) is 2.40. The summed E-state index contributed by atoms with van der Waals surface area (Å²) >= 11 is 0. The third-order valence-electron chi connectivity index (χ3n) is 4.14. The molecule has 6 nitrogen and oxygen atoms in total. The molecular weight excluding hydrogens is 258 g/mol. The van der Waals surface area contributed by atoms with Crippen LogP contribution in [0.1, 0.15) is 45.4 Å². The molecule has 1 aliphatic carbocycles. The molecule has 0 bridgehead atoms. The van der Waals surface area contributed by atoms with E-state index in [0.717, 1.165) is 19.3 Å². The number of hydrogen-bond acceptors (Lipinski definition) is 4. The van der Waals surface area contributed by atoms with E-state index in [2.05, 4.69) is 15.3 Å². The maximum absolute atomic E-state index is 11.6. The van der Waals surface area contributed by atoms with Crippen LogP contribution in [0.5, 0.6) is 0 Å². The van der Waals surface area contributed by atoms with Crippen molar-refractivity contribution in [3.8, 4) is 0 Å². The standard InChI is InChI=1S/C14H21N3O3/c1-3-10-16-11(8-12(18)17-10)15-9-6-4-5-7-14(9,2)13(19)20/h8-9H,3-7H2,1-2H3,(H,19,20)(H2,15,16,17,18). The second-order valence-electron chi connectivity index (χ2n) is 5.60. The number of carboxylic acid groups (broad SMARTS) is 1. The number of nitrogens with zero attached hydrogens (tertiary/aromatic N) is 1. The molecule has 0 aromatic carbocycles. The molecule has 20 heavy (non-hydrogen) atoms. The van der Waals surface area contributed by atoms with Crippen LogP contribution in [0.3, 0.4) is 0 Å². The second kappa shape index (κ2) is 5.64. The predicted octanol–water partition coefficient (Wildman–Crippen LogP) is 1.78. The Kier molecular flexibility index (Phi) is 4.11. The Bertz CT molecular complexity index is 555. The number of nitrogens with one attached hydrogen (secondary N) is 2. The van der Waals surface area contributed by atoms with E-state index < -0.39 is 11.4 Å². The van der Waals surface area contributed by atoms with Crippen LogP contribution in [-0.2, 0) is 11.2 Å². The molecule has 3 N–H and O–H groups in total. The lowest BCUT2D eigenvalue weighted by molar-refractivity contribution is -0.150. The van der Waals surface area contributed by atoms with Gasteiger partial charge in [0.15, 0.2) is 0 Å². The first-order chi connectivity index (χ1) is 9.45. The highest BCUT2D eigenvalue weighted by molar-refractivity contribution is 5.76. The van der Waals surface area contributed by atoms with Crippen molar-refractivity contribution in [2.24, 2.45) is 5.41 Å². The summed E-state index contributed by atoms with van der Waals surface area (Å²) in [4.78, 5) is 30.1. The predicted molar refractivity (Wildman–Crippen MR) is 75.9 cm³/mol. The van der Waals surface area contributed by atoms with Gasteiger partial charge >= 0.3 is 5.97 Å². The van der Waals surface area contributed by atoms with Crippen LogP contribution in [-0.4, -0.2) is 27.1 Å². The molecule has 2 unspecified atom stereocenters. The van der Waals surface area contributed by atoms with Crippen molar-refractivity contribution < 1.29 is 9.90 Å². The SMILES string of the molecule is CCc1nc(NC2CCCCC2(C)C(=O)O)cc(=O)[nH]1. The molecule has 0 saturated heterocycles. The van der Waals surface area contributed by atoms with Gasteiger partial charge in [-0.1, -0.05) is 19.8 Å². The van der Waals surface area contributed by atoms with E-state index >= 15 is 0 Å². The van der Waals surface area contributed by atoms with Crippen molar-refractivity contribution in [2.45, 2.75) is 52.0 Å². The van der Waals surface area contributed by atoms with E-state index in [0.29, 0.717) is 24.5 Å². The van der Waals surface area contributed by atoms with Gasteiger partial charge in [-0.2, -0.15) is 0 Å². The number of aromatic amines is 1. The van der Waals surface area contributed by atoms with Crippen molar-refractivity contribution in [1.29, 1.82) is 0 Å². The summed E-state index contributed by atoms with van der Waals surface area (Å²) in [7, 11) is 0. The van der Waals surface area contributed by atoms with Gasteiger partial charge < -0.3 is 15.4 Å². The van der Waals surface area contributed by atoms with Crippen LogP contribution >= 0.6 is 0 Å². The first-order valence-electron chi connectivity index (χ1n) is 7.06. The van der Waals surface area contributed by atoms with Gasteiger partial charge in [0.05, 0.1) is 5.41 Å². The summed E-state index contributed by atoms with van der Waals surface area (Å²) in [5.74, 6) is 0.271. The number of aliphatic carboxylic acids is 1. The number of carboxylic acids is 1. The maximum Gasteiger partial charge on any atom is 0.311 e. The van der Waals surface area contributed by atoms with E-state index in [-0.39, 0.29) is 11.6 Å². The first kappa shape index (κ1) is 14.6. The molecule has 0 radical (unpaired) electrons. The number of aryl methyl sites for hydroxylation is 1. The molecule has 110 valence electrons. The van der Waals surface area contributed by atoms with Crippen molar-refractivity contribution >= 4 is 11.8 Å². The van der Waals surface area contributed by atoms with Gasteiger partial charge in [0.25, 0.3) is 5.56 Å². The summed E-state index contributed by atoms with van der Waals surface area (Å²) in [6, 6.07) is 1.18. The molecule has 1 aromatic rings. The van der Waals surface area contributed by atoms with E-state index in [1.54, 1.807) is 6.92 Å². The number of rotatable bonds is 4. The topological polar surface area (TPSA) is 95.1 Å². The minimum absolute atomic E-state index is 0.201. The van der Waals surface area contributed by atoms with Gasteiger partial charge in [0.1, 0.15) is 11.6 Å². The quantitative estimate of drug-likeness (QED) is 0.781. The van der Waals surface area contributed by atoms with Crippen molar-refractivity contribution in [2.75, 3.05) is 5.32 Å². The molecule has 1 aromatic heterocycles. The largest absolute Gasteiger partial charge is 0.481 e.